The molecule has 3 rings (SSSR count). The van der Waals surface area contributed by atoms with E-state index in [1.165, 1.54) is 5.56 Å². The number of benzene rings is 1. The van der Waals surface area contributed by atoms with Crippen LogP contribution in [0.1, 0.15) is 15.9 Å². The van der Waals surface area contributed by atoms with Crippen molar-refractivity contribution in [2.24, 2.45) is 0 Å². The number of imidazole rings is 1. The molecule has 0 aliphatic carbocycles. The van der Waals surface area contributed by atoms with E-state index in [1.54, 1.807) is 53.6 Å². The van der Waals surface area contributed by atoms with Crippen LogP contribution >= 0.6 is 0 Å². The van der Waals surface area contributed by atoms with Crippen LogP contribution in [0.3, 0.4) is 0 Å². The van der Waals surface area contributed by atoms with Gasteiger partial charge in [-0.1, -0.05) is 17.7 Å². The van der Waals surface area contributed by atoms with Crippen molar-refractivity contribution in [3.8, 4) is 11.6 Å². The van der Waals surface area contributed by atoms with Crippen LogP contribution in [0.2, 0.25) is 0 Å². The Balaban J connectivity index is 1.54. The molecule has 3 aromatic rings. The molecule has 2 heterocycles. The van der Waals surface area contributed by atoms with Crippen molar-refractivity contribution in [2.75, 3.05) is 20.2 Å². The van der Waals surface area contributed by atoms with Gasteiger partial charge in [0.25, 0.3) is 5.91 Å². The van der Waals surface area contributed by atoms with Crippen LogP contribution < -0.4 is 4.74 Å². The highest BCUT2D eigenvalue weighted by Gasteiger charge is 2.12. The number of nitrogens with zero attached hydrogens (tertiary/aromatic N) is 4. The lowest BCUT2D eigenvalue weighted by Gasteiger charge is -2.17. The smallest absolute Gasteiger partial charge is 0.255 e. The average molecular weight is 336 g/mol. The zero-order chi connectivity index (χ0) is 17.6. The Kier molecular flexibility index (Phi) is 5.09. The third kappa shape index (κ3) is 4.23. The first kappa shape index (κ1) is 16.7. The number of likely N-dealkylation sites (N-methyl/N-ethyl adjacent to an activating group) is 1. The molecule has 128 valence electrons. The van der Waals surface area contributed by atoms with Gasteiger partial charge >= 0.3 is 0 Å². The predicted molar refractivity (Wildman–Crippen MR) is 95.0 cm³/mol. The maximum atomic E-state index is 12.4. The molecule has 0 bridgehead atoms. The molecule has 25 heavy (non-hydrogen) atoms. The first-order valence-corrected chi connectivity index (χ1v) is 8.03. The van der Waals surface area contributed by atoms with Gasteiger partial charge in [0.15, 0.2) is 0 Å². The number of carbonyl (C=O) groups is 1. The van der Waals surface area contributed by atoms with E-state index in [2.05, 4.69) is 9.97 Å². The zero-order valence-corrected chi connectivity index (χ0v) is 14.3. The standard InChI is InChI=1S/C19H20N4O2/c1-15-3-6-17(7-4-15)25-12-11-22(2)19(24)16-5-8-18(21-13-16)23-10-9-20-14-23/h3-10,13-14H,11-12H2,1-2H3. The minimum atomic E-state index is -0.0859. The van der Waals surface area contributed by atoms with Gasteiger partial charge < -0.3 is 9.64 Å². The molecule has 0 fully saturated rings. The molecule has 1 aromatic carbocycles. The molecule has 0 saturated carbocycles. The summed E-state index contributed by atoms with van der Waals surface area (Å²) in [6.45, 7) is 2.96. The number of hydrogen-bond donors (Lipinski definition) is 0. The van der Waals surface area contributed by atoms with Gasteiger partial charge in [0, 0.05) is 25.6 Å². The number of amides is 1. The molecule has 0 atom stereocenters. The largest absolute Gasteiger partial charge is 0.492 e. The fourth-order valence-corrected chi connectivity index (χ4v) is 2.32. The Morgan fingerprint density at radius 2 is 2.00 bits per heavy atom. The van der Waals surface area contributed by atoms with Crippen molar-refractivity contribution < 1.29 is 9.53 Å². The Hall–Kier alpha value is -3.15. The maximum absolute atomic E-state index is 12.4. The lowest BCUT2D eigenvalue weighted by molar-refractivity contribution is 0.0773. The van der Waals surface area contributed by atoms with E-state index in [0.29, 0.717) is 18.7 Å². The van der Waals surface area contributed by atoms with E-state index in [9.17, 15) is 4.79 Å². The van der Waals surface area contributed by atoms with E-state index in [4.69, 9.17) is 4.74 Å². The minimum absolute atomic E-state index is 0.0859. The Bertz CT molecular complexity index is 812. The van der Waals surface area contributed by atoms with E-state index in [1.807, 2.05) is 31.2 Å². The van der Waals surface area contributed by atoms with Gasteiger partial charge in [-0.15, -0.1) is 0 Å². The van der Waals surface area contributed by atoms with Crippen LogP contribution in [0.4, 0.5) is 0 Å². The Labute approximate surface area is 146 Å². The van der Waals surface area contributed by atoms with Crippen molar-refractivity contribution in [1.82, 2.24) is 19.4 Å². The molecule has 6 nitrogen and oxygen atoms in total. The first-order valence-electron chi connectivity index (χ1n) is 8.03. The molecule has 0 saturated heterocycles. The summed E-state index contributed by atoms with van der Waals surface area (Å²) in [5, 5.41) is 0. The number of pyridine rings is 1. The van der Waals surface area contributed by atoms with E-state index < -0.39 is 0 Å². The monoisotopic (exact) mass is 336 g/mol. The fraction of sp³-hybridized carbons (Fsp3) is 0.211. The van der Waals surface area contributed by atoms with Gasteiger partial charge in [-0.25, -0.2) is 9.97 Å². The molecule has 0 radical (unpaired) electrons. The molecule has 0 spiro atoms. The Morgan fingerprint density at radius 1 is 1.20 bits per heavy atom. The second-order valence-corrected chi connectivity index (χ2v) is 5.76. The van der Waals surface area contributed by atoms with E-state index >= 15 is 0 Å². The lowest BCUT2D eigenvalue weighted by atomic mass is 10.2. The molecule has 0 unspecified atom stereocenters. The molecular formula is C19H20N4O2. The topological polar surface area (TPSA) is 60.2 Å². The van der Waals surface area contributed by atoms with Gasteiger partial charge in [-0.2, -0.15) is 0 Å². The highest BCUT2D eigenvalue weighted by molar-refractivity contribution is 5.93. The molecule has 0 aliphatic rings. The third-order valence-corrected chi connectivity index (χ3v) is 3.83. The summed E-state index contributed by atoms with van der Waals surface area (Å²) < 4.78 is 7.45. The van der Waals surface area contributed by atoms with Crippen molar-refractivity contribution in [3.05, 3.63) is 72.4 Å². The van der Waals surface area contributed by atoms with Gasteiger partial charge in [-0.3, -0.25) is 9.36 Å². The highest BCUT2D eigenvalue weighted by Crippen LogP contribution is 2.12. The number of aryl methyl sites for hydroxylation is 1. The van der Waals surface area contributed by atoms with Crippen LogP contribution in [0, 0.1) is 6.92 Å². The number of hydrogen-bond acceptors (Lipinski definition) is 4. The van der Waals surface area contributed by atoms with Gasteiger partial charge in [-0.05, 0) is 31.2 Å². The summed E-state index contributed by atoms with van der Waals surface area (Å²) >= 11 is 0. The number of ether oxygens (including phenoxy) is 1. The third-order valence-electron chi connectivity index (χ3n) is 3.83. The highest BCUT2D eigenvalue weighted by atomic mass is 16.5. The average Bonchev–Trinajstić information content (AvgIpc) is 3.17. The van der Waals surface area contributed by atoms with E-state index in [0.717, 1.165) is 11.6 Å². The van der Waals surface area contributed by atoms with Crippen molar-refractivity contribution in [2.45, 2.75) is 6.92 Å². The van der Waals surface area contributed by atoms with Gasteiger partial charge in [0.2, 0.25) is 0 Å². The number of rotatable bonds is 6. The summed E-state index contributed by atoms with van der Waals surface area (Å²) in [6, 6.07) is 11.4. The molecular weight excluding hydrogens is 316 g/mol. The normalized spacial score (nSPS) is 10.5. The number of aromatic nitrogens is 3. The molecule has 1 amide bonds. The van der Waals surface area contributed by atoms with Crippen molar-refractivity contribution >= 4 is 5.91 Å². The summed E-state index contributed by atoms with van der Waals surface area (Å²) in [5.41, 5.74) is 1.73. The van der Waals surface area contributed by atoms with Crippen LogP contribution in [-0.2, 0) is 0 Å². The van der Waals surface area contributed by atoms with Crippen molar-refractivity contribution in [1.29, 1.82) is 0 Å². The SMILES string of the molecule is Cc1ccc(OCCN(C)C(=O)c2ccc(-n3ccnc3)nc2)cc1. The molecule has 6 heteroatoms. The summed E-state index contributed by atoms with van der Waals surface area (Å²) in [7, 11) is 1.75. The molecule has 0 aliphatic heterocycles. The lowest BCUT2D eigenvalue weighted by Crippen LogP contribution is -2.31. The van der Waals surface area contributed by atoms with E-state index in [-0.39, 0.29) is 5.91 Å². The van der Waals surface area contributed by atoms with Crippen LogP contribution in [0.25, 0.3) is 5.82 Å². The van der Waals surface area contributed by atoms with Crippen LogP contribution in [0.15, 0.2) is 61.3 Å². The predicted octanol–water partition coefficient (Wildman–Crippen LogP) is 2.73. The van der Waals surface area contributed by atoms with Crippen LogP contribution in [0.5, 0.6) is 5.75 Å². The minimum Gasteiger partial charge on any atom is -0.492 e. The Morgan fingerprint density at radius 3 is 2.64 bits per heavy atom. The first-order chi connectivity index (χ1) is 12.1. The summed E-state index contributed by atoms with van der Waals surface area (Å²) in [5.74, 6) is 1.44. The zero-order valence-electron chi connectivity index (χ0n) is 14.3. The fourth-order valence-electron chi connectivity index (χ4n) is 2.32. The summed E-state index contributed by atoms with van der Waals surface area (Å²) in [6.07, 6.45) is 6.73. The van der Waals surface area contributed by atoms with Gasteiger partial charge in [0.05, 0.1) is 12.1 Å². The quantitative estimate of drug-likeness (QED) is 0.694. The molecule has 2 aromatic heterocycles. The molecule has 0 N–H and O–H groups in total. The van der Waals surface area contributed by atoms with Crippen LogP contribution in [-0.4, -0.2) is 45.5 Å². The summed E-state index contributed by atoms with van der Waals surface area (Å²) in [4.78, 5) is 22.4. The number of carbonyl (C=O) groups excluding carboxylic acids is 1. The second-order valence-electron chi connectivity index (χ2n) is 5.76. The van der Waals surface area contributed by atoms with Crippen molar-refractivity contribution in [3.63, 3.8) is 0 Å². The second kappa shape index (κ2) is 7.61. The van der Waals surface area contributed by atoms with Gasteiger partial charge in [0.1, 0.15) is 24.5 Å². The maximum Gasteiger partial charge on any atom is 0.255 e.